The number of nitrogens with zero attached hydrogens (tertiary/aromatic N) is 2. The number of allylic oxidation sites excluding steroid dienone is 1. The van der Waals surface area contributed by atoms with E-state index < -0.39 is 0 Å². The number of hydrogen-bond acceptors (Lipinski definition) is 2. The highest BCUT2D eigenvalue weighted by Gasteiger charge is 1.90. The zero-order chi connectivity index (χ0) is 7.40. The van der Waals surface area contributed by atoms with Crippen molar-refractivity contribution >= 4 is 5.57 Å². The lowest BCUT2D eigenvalue weighted by Gasteiger charge is -1.92. The van der Waals surface area contributed by atoms with Gasteiger partial charge in [-0.1, -0.05) is 6.58 Å². The first-order chi connectivity index (χ1) is 4.84. The molecule has 0 spiro atoms. The van der Waals surface area contributed by atoms with Crippen molar-refractivity contribution in [1.29, 1.82) is 0 Å². The second kappa shape index (κ2) is 2.95. The Kier molecular flexibility index (Phi) is 1.98. The molecule has 0 unspecified atom stereocenters. The minimum absolute atomic E-state index is 0.970. The number of aromatic nitrogens is 2. The van der Waals surface area contributed by atoms with Crippen LogP contribution in [0.4, 0.5) is 0 Å². The molecular formula is C8H8N2. The summed E-state index contributed by atoms with van der Waals surface area (Å²) in [6.07, 6.45) is 4.97. The summed E-state index contributed by atoms with van der Waals surface area (Å²) in [5, 5.41) is 0. The summed E-state index contributed by atoms with van der Waals surface area (Å²) in [5.41, 5.74) is 4.71. The molecule has 0 aliphatic carbocycles. The maximum Gasteiger partial charge on any atom is 0.115 e. The first kappa shape index (κ1) is 6.72. The van der Waals surface area contributed by atoms with Crippen molar-refractivity contribution in [2.45, 2.75) is 6.92 Å². The van der Waals surface area contributed by atoms with Crippen LogP contribution in [0.1, 0.15) is 12.5 Å². The topological polar surface area (TPSA) is 25.8 Å². The van der Waals surface area contributed by atoms with Gasteiger partial charge in [-0.3, -0.25) is 0 Å². The van der Waals surface area contributed by atoms with Crippen molar-refractivity contribution in [2.24, 2.45) is 0 Å². The molecule has 0 atom stereocenters. The normalized spacial score (nSPS) is 8.50. The Bertz CT molecular complexity index is 258. The van der Waals surface area contributed by atoms with Crippen LogP contribution in [-0.2, 0) is 0 Å². The summed E-state index contributed by atoms with van der Waals surface area (Å²) in [6, 6.07) is 0. The van der Waals surface area contributed by atoms with Gasteiger partial charge in [-0.2, -0.15) is 0 Å². The second-order valence-electron chi connectivity index (χ2n) is 1.93. The molecule has 1 aromatic heterocycles. The maximum absolute atomic E-state index is 3.85. The van der Waals surface area contributed by atoms with E-state index in [-0.39, 0.29) is 0 Å². The average Bonchev–Trinajstić information content (AvgIpc) is 2.05. The van der Waals surface area contributed by atoms with Crippen LogP contribution in [0, 0.1) is 0 Å². The minimum atomic E-state index is 0.970. The third-order valence-corrected chi connectivity index (χ3v) is 1.26. The van der Waals surface area contributed by atoms with E-state index in [0.29, 0.717) is 0 Å². The van der Waals surface area contributed by atoms with E-state index in [2.05, 4.69) is 22.3 Å². The van der Waals surface area contributed by atoms with Crippen LogP contribution in [0.2, 0.25) is 0 Å². The van der Waals surface area contributed by atoms with Gasteiger partial charge >= 0.3 is 0 Å². The molecule has 1 aromatic rings. The van der Waals surface area contributed by atoms with Crippen LogP contribution >= 0.6 is 0 Å². The zero-order valence-electron chi connectivity index (χ0n) is 5.83. The van der Waals surface area contributed by atoms with Crippen LogP contribution in [0.25, 0.3) is 5.57 Å². The molecule has 10 heavy (non-hydrogen) atoms. The second-order valence-corrected chi connectivity index (χ2v) is 1.93. The van der Waals surface area contributed by atoms with Gasteiger partial charge in [-0.15, -0.1) is 5.73 Å². The Morgan fingerprint density at radius 3 is 2.60 bits per heavy atom. The molecule has 2 nitrogen and oxygen atoms in total. The fourth-order valence-corrected chi connectivity index (χ4v) is 0.595. The monoisotopic (exact) mass is 132 g/mol. The summed E-state index contributed by atoms with van der Waals surface area (Å²) in [7, 11) is 0. The quantitative estimate of drug-likeness (QED) is 0.543. The predicted molar refractivity (Wildman–Crippen MR) is 40.3 cm³/mol. The van der Waals surface area contributed by atoms with Gasteiger partial charge < -0.3 is 0 Å². The van der Waals surface area contributed by atoms with Crippen molar-refractivity contribution in [3.8, 4) is 0 Å². The van der Waals surface area contributed by atoms with Crippen molar-refractivity contribution in [3.63, 3.8) is 0 Å². The van der Waals surface area contributed by atoms with Crippen LogP contribution in [0.15, 0.2) is 31.0 Å². The summed E-state index contributed by atoms with van der Waals surface area (Å²) in [4.78, 5) is 7.71. The summed E-state index contributed by atoms with van der Waals surface area (Å²) >= 11 is 0. The highest BCUT2D eigenvalue weighted by Crippen LogP contribution is 2.06. The Labute approximate surface area is 60.0 Å². The van der Waals surface area contributed by atoms with Crippen molar-refractivity contribution < 1.29 is 0 Å². The lowest BCUT2D eigenvalue weighted by atomic mass is 10.2. The van der Waals surface area contributed by atoms with E-state index in [1.165, 1.54) is 6.33 Å². The Balaban J connectivity index is 3.08. The fourth-order valence-electron chi connectivity index (χ4n) is 0.595. The number of hydrogen-bond donors (Lipinski definition) is 0. The summed E-state index contributed by atoms with van der Waals surface area (Å²) < 4.78 is 0. The summed E-state index contributed by atoms with van der Waals surface area (Å²) in [6.45, 7) is 5.44. The molecule has 0 amide bonds. The van der Waals surface area contributed by atoms with Crippen molar-refractivity contribution in [3.05, 3.63) is 36.6 Å². The van der Waals surface area contributed by atoms with Gasteiger partial charge in [0, 0.05) is 23.5 Å². The third kappa shape index (κ3) is 1.30. The summed E-state index contributed by atoms with van der Waals surface area (Å²) in [5.74, 6) is 0. The molecular weight excluding hydrogens is 124 g/mol. The van der Waals surface area contributed by atoms with E-state index in [0.717, 1.165) is 11.1 Å². The van der Waals surface area contributed by atoms with Gasteiger partial charge in [-0.25, -0.2) is 9.97 Å². The van der Waals surface area contributed by atoms with E-state index in [1.807, 2.05) is 6.92 Å². The molecule has 0 N–H and O–H groups in total. The molecule has 0 saturated carbocycles. The predicted octanol–water partition coefficient (Wildman–Crippen LogP) is 1.66. The van der Waals surface area contributed by atoms with Crippen molar-refractivity contribution in [1.82, 2.24) is 9.97 Å². The van der Waals surface area contributed by atoms with Gasteiger partial charge in [0.2, 0.25) is 0 Å². The molecule has 0 saturated heterocycles. The smallest absolute Gasteiger partial charge is 0.115 e. The molecule has 0 aromatic carbocycles. The molecule has 0 radical (unpaired) electrons. The maximum atomic E-state index is 3.85. The highest BCUT2D eigenvalue weighted by atomic mass is 14.8. The van der Waals surface area contributed by atoms with Crippen LogP contribution in [0.5, 0.6) is 0 Å². The molecule has 1 rings (SSSR count). The molecule has 0 aliphatic heterocycles. The van der Waals surface area contributed by atoms with E-state index in [4.69, 9.17) is 0 Å². The Morgan fingerprint density at radius 1 is 1.50 bits per heavy atom. The Hall–Kier alpha value is -1.40. The first-order valence-electron chi connectivity index (χ1n) is 2.96. The highest BCUT2D eigenvalue weighted by molar-refractivity contribution is 5.60. The fraction of sp³-hybridized carbons (Fsp3) is 0.125. The van der Waals surface area contributed by atoms with Gasteiger partial charge in [0.15, 0.2) is 0 Å². The number of rotatable bonds is 1. The van der Waals surface area contributed by atoms with E-state index >= 15 is 0 Å². The standard InChI is InChI=1S/C8H8N2/c1-3-7(2)8-4-9-6-10-5-8/h4-6H,1H2,2H3. The van der Waals surface area contributed by atoms with Crippen LogP contribution in [-0.4, -0.2) is 9.97 Å². The lowest BCUT2D eigenvalue weighted by molar-refractivity contribution is 1.15. The van der Waals surface area contributed by atoms with E-state index in [1.54, 1.807) is 12.4 Å². The van der Waals surface area contributed by atoms with Crippen LogP contribution in [0.3, 0.4) is 0 Å². The molecule has 0 aliphatic rings. The molecule has 0 bridgehead atoms. The third-order valence-electron chi connectivity index (χ3n) is 1.26. The minimum Gasteiger partial charge on any atom is -0.244 e. The van der Waals surface area contributed by atoms with Gasteiger partial charge in [0.05, 0.1) is 0 Å². The lowest BCUT2D eigenvalue weighted by Crippen LogP contribution is -1.81. The van der Waals surface area contributed by atoms with Gasteiger partial charge in [-0.05, 0) is 6.92 Å². The first-order valence-corrected chi connectivity index (χ1v) is 2.96. The SMILES string of the molecule is C=C=C(C)c1cncnc1. The molecule has 1 heterocycles. The largest absolute Gasteiger partial charge is 0.244 e. The average molecular weight is 132 g/mol. The van der Waals surface area contributed by atoms with Gasteiger partial charge in [0.25, 0.3) is 0 Å². The molecule has 2 heteroatoms. The van der Waals surface area contributed by atoms with Crippen LogP contribution < -0.4 is 0 Å². The van der Waals surface area contributed by atoms with E-state index in [9.17, 15) is 0 Å². The molecule has 0 fully saturated rings. The zero-order valence-corrected chi connectivity index (χ0v) is 5.83. The van der Waals surface area contributed by atoms with Crippen molar-refractivity contribution in [2.75, 3.05) is 0 Å². The van der Waals surface area contributed by atoms with Gasteiger partial charge in [0.1, 0.15) is 6.33 Å². The molecule has 50 valence electrons. The Morgan fingerprint density at radius 2 is 2.10 bits per heavy atom.